The van der Waals surface area contributed by atoms with E-state index in [1.54, 1.807) is 0 Å². The Morgan fingerprint density at radius 3 is 2.07 bits per heavy atom. The molecule has 0 aromatic carbocycles. The van der Waals surface area contributed by atoms with Crippen LogP contribution in [0, 0.1) is 0 Å². The smallest absolute Gasteiger partial charge is 0.271 e. The molecule has 0 aliphatic carbocycles. The van der Waals surface area contributed by atoms with E-state index in [1.807, 2.05) is 5.43 Å². The zero-order valence-corrected chi connectivity index (χ0v) is 9.24. The summed E-state index contributed by atoms with van der Waals surface area (Å²) in [7, 11) is 0. The predicted molar refractivity (Wildman–Crippen MR) is 55.2 cm³/mol. The Morgan fingerprint density at radius 1 is 1.07 bits per heavy atom. The maximum atomic E-state index is 12.2. The summed E-state index contributed by atoms with van der Waals surface area (Å²) in [6.07, 6.45) is 1.73. The minimum absolute atomic E-state index is 0.0755. The number of hydrogen-bond acceptors (Lipinski definition) is 2. The van der Waals surface area contributed by atoms with Gasteiger partial charge in [0, 0.05) is 0 Å². The van der Waals surface area contributed by atoms with Crippen LogP contribution in [0.1, 0.15) is 51.9 Å². The summed E-state index contributed by atoms with van der Waals surface area (Å²) in [5, 5.41) is 0. The van der Waals surface area contributed by atoms with Crippen LogP contribution >= 0.6 is 0 Å². The van der Waals surface area contributed by atoms with Gasteiger partial charge in [-0.1, -0.05) is 45.4 Å². The Kier molecular flexibility index (Phi) is 7.78. The van der Waals surface area contributed by atoms with E-state index in [9.17, 15) is 13.2 Å². The van der Waals surface area contributed by atoms with E-state index in [2.05, 4.69) is 6.92 Å². The molecule has 0 saturated heterocycles. The molecule has 1 unspecified atom stereocenters. The molecule has 0 fully saturated rings. The molecule has 0 aromatic heterocycles. The number of nitrogens with two attached hydrogens (primary N) is 1. The van der Waals surface area contributed by atoms with Crippen molar-refractivity contribution in [3.05, 3.63) is 0 Å². The standard InChI is InChI=1S/C10H21F3N2/c1-2-3-4-5-6-7-8-9(15-14)10(11,12)13/h9,15H,2-8,14H2,1H3. The third-order valence-electron chi connectivity index (χ3n) is 2.44. The Balaban J connectivity index is 3.48. The molecule has 0 rings (SSSR count). The molecule has 92 valence electrons. The average molecular weight is 226 g/mol. The van der Waals surface area contributed by atoms with Crippen LogP contribution in [0.15, 0.2) is 0 Å². The number of rotatable bonds is 8. The van der Waals surface area contributed by atoms with E-state index in [4.69, 9.17) is 5.84 Å². The van der Waals surface area contributed by atoms with Gasteiger partial charge in [-0.3, -0.25) is 5.84 Å². The largest absolute Gasteiger partial charge is 0.405 e. The molecule has 15 heavy (non-hydrogen) atoms. The summed E-state index contributed by atoms with van der Waals surface area (Å²) < 4.78 is 36.6. The summed E-state index contributed by atoms with van der Waals surface area (Å²) in [5.41, 5.74) is 1.82. The van der Waals surface area contributed by atoms with Crippen molar-refractivity contribution in [1.29, 1.82) is 0 Å². The molecule has 0 bridgehead atoms. The highest BCUT2D eigenvalue weighted by atomic mass is 19.4. The van der Waals surface area contributed by atoms with Crippen LogP contribution in [0.2, 0.25) is 0 Å². The van der Waals surface area contributed by atoms with Gasteiger partial charge in [-0.15, -0.1) is 0 Å². The number of alkyl halides is 3. The minimum atomic E-state index is -4.22. The normalized spacial score (nSPS) is 14.2. The fraction of sp³-hybridized carbons (Fsp3) is 1.00. The first-order chi connectivity index (χ1) is 7.02. The highest BCUT2D eigenvalue weighted by Crippen LogP contribution is 2.23. The Hall–Kier alpha value is -0.290. The predicted octanol–water partition coefficient (Wildman–Crippen LogP) is 3.13. The van der Waals surface area contributed by atoms with Crippen LogP contribution in [-0.4, -0.2) is 12.2 Å². The van der Waals surface area contributed by atoms with E-state index < -0.39 is 12.2 Å². The van der Waals surface area contributed by atoms with E-state index in [0.29, 0.717) is 6.42 Å². The zero-order valence-electron chi connectivity index (χ0n) is 9.24. The van der Waals surface area contributed by atoms with E-state index in [0.717, 1.165) is 32.1 Å². The molecule has 0 aromatic rings. The van der Waals surface area contributed by atoms with Crippen molar-refractivity contribution < 1.29 is 13.2 Å². The summed E-state index contributed by atoms with van der Waals surface area (Å²) in [6.45, 7) is 2.11. The molecule has 3 N–H and O–H groups in total. The third kappa shape index (κ3) is 7.62. The highest BCUT2D eigenvalue weighted by Gasteiger charge is 2.38. The lowest BCUT2D eigenvalue weighted by Gasteiger charge is -2.18. The van der Waals surface area contributed by atoms with Gasteiger partial charge in [0.2, 0.25) is 0 Å². The first kappa shape index (κ1) is 14.7. The van der Waals surface area contributed by atoms with Crippen LogP contribution in [0.25, 0.3) is 0 Å². The molecule has 0 amide bonds. The van der Waals surface area contributed by atoms with Crippen LogP contribution in [0.5, 0.6) is 0 Å². The van der Waals surface area contributed by atoms with Crippen molar-refractivity contribution in [2.45, 2.75) is 64.1 Å². The maximum Gasteiger partial charge on any atom is 0.405 e. The van der Waals surface area contributed by atoms with Gasteiger partial charge in [-0.05, 0) is 6.42 Å². The third-order valence-corrected chi connectivity index (χ3v) is 2.44. The van der Waals surface area contributed by atoms with Crippen LogP contribution < -0.4 is 11.3 Å². The second kappa shape index (κ2) is 7.93. The number of halogens is 3. The minimum Gasteiger partial charge on any atom is -0.271 e. The Labute approximate surface area is 89.4 Å². The van der Waals surface area contributed by atoms with E-state index >= 15 is 0 Å². The fourth-order valence-electron chi connectivity index (χ4n) is 1.47. The monoisotopic (exact) mass is 226 g/mol. The van der Waals surface area contributed by atoms with Gasteiger partial charge in [0.05, 0.1) is 0 Å². The number of hydrogen-bond donors (Lipinski definition) is 2. The van der Waals surface area contributed by atoms with Gasteiger partial charge >= 0.3 is 6.18 Å². The topological polar surface area (TPSA) is 38.0 Å². The number of nitrogens with one attached hydrogen (secondary N) is 1. The van der Waals surface area contributed by atoms with Gasteiger partial charge in [-0.2, -0.15) is 13.2 Å². The van der Waals surface area contributed by atoms with Gasteiger partial charge in [0.15, 0.2) is 0 Å². The first-order valence-corrected chi connectivity index (χ1v) is 5.55. The second-order valence-electron chi connectivity index (χ2n) is 3.82. The van der Waals surface area contributed by atoms with Crippen LogP contribution in [0.3, 0.4) is 0 Å². The molecule has 0 heterocycles. The van der Waals surface area contributed by atoms with Crippen LogP contribution in [0.4, 0.5) is 13.2 Å². The maximum absolute atomic E-state index is 12.2. The molecule has 1 atom stereocenters. The lowest BCUT2D eigenvalue weighted by molar-refractivity contribution is -0.157. The van der Waals surface area contributed by atoms with Gasteiger partial charge in [0.1, 0.15) is 6.04 Å². The summed E-state index contributed by atoms with van der Waals surface area (Å²) in [6, 6.07) is -1.55. The average Bonchev–Trinajstić information content (AvgIpc) is 2.15. The number of hydrazine groups is 1. The molecule has 2 nitrogen and oxygen atoms in total. The number of unbranched alkanes of at least 4 members (excludes halogenated alkanes) is 5. The van der Waals surface area contributed by atoms with Gasteiger partial charge in [0.25, 0.3) is 0 Å². The molecule has 0 radical (unpaired) electrons. The van der Waals surface area contributed by atoms with Crippen LogP contribution in [-0.2, 0) is 0 Å². The van der Waals surface area contributed by atoms with E-state index in [1.165, 1.54) is 0 Å². The van der Waals surface area contributed by atoms with Crippen molar-refractivity contribution in [1.82, 2.24) is 5.43 Å². The summed E-state index contributed by atoms with van der Waals surface area (Å²) >= 11 is 0. The van der Waals surface area contributed by atoms with Crippen molar-refractivity contribution in [3.63, 3.8) is 0 Å². The summed E-state index contributed by atoms with van der Waals surface area (Å²) in [5.74, 6) is 4.85. The molecule has 0 saturated carbocycles. The first-order valence-electron chi connectivity index (χ1n) is 5.55. The molecule has 0 spiro atoms. The van der Waals surface area contributed by atoms with Crippen molar-refractivity contribution in [2.75, 3.05) is 0 Å². The van der Waals surface area contributed by atoms with Crippen molar-refractivity contribution in [3.8, 4) is 0 Å². The molecule has 0 aliphatic rings. The highest BCUT2D eigenvalue weighted by molar-refractivity contribution is 4.72. The quantitative estimate of drug-likeness (QED) is 0.379. The van der Waals surface area contributed by atoms with E-state index in [-0.39, 0.29) is 6.42 Å². The molecular formula is C10H21F3N2. The molecule has 5 heteroatoms. The molecule has 0 aliphatic heterocycles. The summed E-state index contributed by atoms with van der Waals surface area (Å²) in [4.78, 5) is 0. The SMILES string of the molecule is CCCCCCCCC(NN)C(F)(F)F. The molecular weight excluding hydrogens is 205 g/mol. The lowest BCUT2D eigenvalue weighted by Crippen LogP contribution is -2.45. The van der Waals surface area contributed by atoms with Gasteiger partial charge in [-0.25, -0.2) is 5.43 Å². The lowest BCUT2D eigenvalue weighted by atomic mass is 10.1. The van der Waals surface area contributed by atoms with Crippen molar-refractivity contribution >= 4 is 0 Å². The van der Waals surface area contributed by atoms with Crippen molar-refractivity contribution in [2.24, 2.45) is 5.84 Å². The zero-order chi connectivity index (χ0) is 11.7. The fourth-order valence-corrected chi connectivity index (χ4v) is 1.47. The Bertz CT molecular complexity index is 148. The van der Waals surface area contributed by atoms with Gasteiger partial charge < -0.3 is 0 Å². The second-order valence-corrected chi connectivity index (χ2v) is 3.82. The Morgan fingerprint density at radius 2 is 1.60 bits per heavy atom.